The Kier molecular flexibility index (Phi) is 9.92. The molecule has 108 valence electrons. The molecule has 0 aromatic carbocycles. The molecule has 0 spiro atoms. The van der Waals surface area contributed by atoms with Gasteiger partial charge in [-0.1, -0.05) is 0 Å². The number of hydrogen-bond donors (Lipinski definition) is 1. The fraction of sp³-hybridized carbons (Fsp3) is 0.923. The molecule has 0 fully saturated rings. The quantitative estimate of drug-likeness (QED) is 0.584. The summed E-state index contributed by atoms with van der Waals surface area (Å²) in [6, 6.07) is 0.308. The molecule has 0 aromatic rings. The topological polar surface area (TPSA) is 53.0 Å². The SMILES string of the molecule is CCN(CC)C(=O)CN(CCOCCO)C(C)C. The van der Waals surface area contributed by atoms with Crippen molar-refractivity contribution >= 4 is 5.91 Å². The Hall–Kier alpha value is -0.650. The summed E-state index contributed by atoms with van der Waals surface area (Å²) < 4.78 is 5.24. The number of hydrogen-bond acceptors (Lipinski definition) is 4. The van der Waals surface area contributed by atoms with Gasteiger partial charge in [0.1, 0.15) is 0 Å². The van der Waals surface area contributed by atoms with E-state index in [1.807, 2.05) is 18.7 Å². The molecule has 0 heterocycles. The minimum absolute atomic E-state index is 0.0417. The van der Waals surface area contributed by atoms with Crippen LogP contribution < -0.4 is 0 Å². The molecule has 0 atom stereocenters. The second kappa shape index (κ2) is 10.3. The molecule has 0 aliphatic heterocycles. The highest BCUT2D eigenvalue weighted by atomic mass is 16.5. The van der Waals surface area contributed by atoms with Gasteiger partial charge in [-0.25, -0.2) is 0 Å². The highest BCUT2D eigenvalue weighted by molar-refractivity contribution is 5.78. The Labute approximate surface area is 111 Å². The number of amides is 1. The van der Waals surface area contributed by atoms with Crippen molar-refractivity contribution in [3.05, 3.63) is 0 Å². The zero-order valence-corrected chi connectivity index (χ0v) is 12.2. The molecule has 0 aliphatic rings. The molecule has 5 nitrogen and oxygen atoms in total. The molecule has 1 N–H and O–H groups in total. The van der Waals surface area contributed by atoms with Crippen LogP contribution in [0.1, 0.15) is 27.7 Å². The lowest BCUT2D eigenvalue weighted by atomic mass is 10.3. The fourth-order valence-corrected chi connectivity index (χ4v) is 1.72. The smallest absolute Gasteiger partial charge is 0.236 e. The summed E-state index contributed by atoms with van der Waals surface area (Å²) >= 11 is 0. The van der Waals surface area contributed by atoms with Crippen molar-refractivity contribution in [2.24, 2.45) is 0 Å². The first-order valence-electron chi connectivity index (χ1n) is 6.77. The molecule has 0 saturated carbocycles. The van der Waals surface area contributed by atoms with E-state index in [1.165, 1.54) is 0 Å². The van der Waals surface area contributed by atoms with Crippen molar-refractivity contribution in [2.75, 3.05) is 46.0 Å². The van der Waals surface area contributed by atoms with Crippen LogP contribution in [-0.4, -0.2) is 72.9 Å². The van der Waals surface area contributed by atoms with E-state index in [-0.39, 0.29) is 12.5 Å². The van der Waals surface area contributed by atoms with Crippen molar-refractivity contribution < 1.29 is 14.6 Å². The van der Waals surface area contributed by atoms with Crippen molar-refractivity contribution in [1.82, 2.24) is 9.80 Å². The van der Waals surface area contributed by atoms with Gasteiger partial charge in [-0.05, 0) is 27.7 Å². The first-order valence-corrected chi connectivity index (χ1v) is 6.77. The van der Waals surface area contributed by atoms with E-state index in [1.54, 1.807) is 0 Å². The van der Waals surface area contributed by atoms with E-state index in [2.05, 4.69) is 18.7 Å². The van der Waals surface area contributed by atoms with Gasteiger partial charge in [0.2, 0.25) is 5.91 Å². The third-order valence-corrected chi connectivity index (χ3v) is 2.94. The maximum Gasteiger partial charge on any atom is 0.236 e. The van der Waals surface area contributed by atoms with Crippen LogP contribution in [0.2, 0.25) is 0 Å². The monoisotopic (exact) mass is 260 g/mol. The summed E-state index contributed by atoms with van der Waals surface area (Å²) in [4.78, 5) is 15.9. The van der Waals surface area contributed by atoms with Crippen LogP contribution in [0, 0.1) is 0 Å². The average molecular weight is 260 g/mol. The van der Waals surface area contributed by atoms with Crippen LogP contribution in [0.15, 0.2) is 0 Å². The molecule has 0 aromatic heterocycles. The molecule has 0 unspecified atom stereocenters. The zero-order chi connectivity index (χ0) is 14.0. The Morgan fingerprint density at radius 3 is 2.28 bits per heavy atom. The first-order chi connectivity index (χ1) is 8.56. The number of aliphatic hydroxyl groups excluding tert-OH is 1. The summed E-state index contributed by atoms with van der Waals surface area (Å²) in [5.41, 5.74) is 0. The normalized spacial score (nSPS) is 11.3. The highest BCUT2D eigenvalue weighted by Crippen LogP contribution is 2.00. The predicted molar refractivity (Wildman–Crippen MR) is 72.5 cm³/mol. The fourth-order valence-electron chi connectivity index (χ4n) is 1.72. The van der Waals surface area contributed by atoms with Gasteiger partial charge in [-0.3, -0.25) is 9.69 Å². The highest BCUT2D eigenvalue weighted by Gasteiger charge is 2.17. The van der Waals surface area contributed by atoms with Gasteiger partial charge >= 0.3 is 0 Å². The lowest BCUT2D eigenvalue weighted by Crippen LogP contribution is -2.44. The first kappa shape index (κ1) is 17.4. The zero-order valence-electron chi connectivity index (χ0n) is 12.2. The second-order valence-corrected chi connectivity index (χ2v) is 4.47. The molecular formula is C13H28N2O3. The minimum atomic E-state index is 0.0417. The van der Waals surface area contributed by atoms with E-state index < -0.39 is 0 Å². The van der Waals surface area contributed by atoms with Crippen LogP contribution in [0.4, 0.5) is 0 Å². The van der Waals surface area contributed by atoms with E-state index in [4.69, 9.17) is 9.84 Å². The summed E-state index contributed by atoms with van der Waals surface area (Å²) in [6.45, 7) is 11.7. The standard InChI is InChI=1S/C13H28N2O3/c1-5-14(6-2)13(17)11-15(12(3)4)7-9-18-10-8-16/h12,16H,5-11H2,1-4H3. The van der Waals surface area contributed by atoms with Crippen LogP contribution in [0.5, 0.6) is 0 Å². The van der Waals surface area contributed by atoms with Gasteiger partial charge in [0.25, 0.3) is 0 Å². The number of aliphatic hydroxyl groups is 1. The average Bonchev–Trinajstić information content (AvgIpc) is 2.34. The van der Waals surface area contributed by atoms with E-state index in [9.17, 15) is 4.79 Å². The number of carbonyl (C=O) groups excluding carboxylic acids is 1. The van der Waals surface area contributed by atoms with Gasteiger partial charge in [0.05, 0.1) is 26.4 Å². The lowest BCUT2D eigenvalue weighted by molar-refractivity contribution is -0.132. The largest absolute Gasteiger partial charge is 0.394 e. The van der Waals surface area contributed by atoms with E-state index in [0.29, 0.717) is 32.3 Å². The molecule has 5 heteroatoms. The molecule has 0 bridgehead atoms. The van der Waals surface area contributed by atoms with Gasteiger partial charge in [0.15, 0.2) is 0 Å². The van der Waals surface area contributed by atoms with Crippen LogP contribution >= 0.6 is 0 Å². The second-order valence-electron chi connectivity index (χ2n) is 4.47. The lowest BCUT2D eigenvalue weighted by Gasteiger charge is -2.28. The minimum Gasteiger partial charge on any atom is -0.394 e. The number of ether oxygens (including phenoxy) is 1. The van der Waals surface area contributed by atoms with Crippen molar-refractivity contribution in [3.63, 3.8) is 0 Å². The van der Waals surface area contributed by atoms with Gasteiger partial charge in [-0.15, -0.1) is 0 Å². The van der Waals surface area contributed by atoms with E-state index >= 15 is 0 Å². The molecule has 0 radical (unpaired) electrons. The number of likely N-dealkylation sites (N-methyl/N-ethyl adjacent to an activating group) is 1. The Morgan fingerprint density at radius 1 is 1.22 bits per heavy atom. The van der Waals surface area contributed by atoms with Gasteiger partial charge in [0, 0.05) is 25.7 Å². The maximum atomic E-state index is 12.0. The third-order valence-electron chi connectivity index (χ3n) is 2.94. The van der Waals surface area contributed by atoms with Crippen LogP contribution in [0.3, 0.4) is 0 Å². The summed E-state index contributed by atoms with van der Waals surface area (Å²) in [6.07, 6.45) is 0. The van der Waals surface area contributed by atoms with Crippen molar-refractivity contribution in [1.29, 1.82) is 0 Å². The predicted octanol–water partition coefficient (Wildman–Crippen LogP) is 0.574. The van der Waals surface area contributed by atoms with Gasteiger partial charge in [-0.2, -0.15) is 0 Å². The van der Waals surface area contributed by atoms with Crippen molar-refractivity contribution in [2.45, 2.75) is 33.7 Å². The molecule has 0 saturated heterocycles. The number of nitrogens with zero attached hydrogens (tertiary/aromatic N) is 2. The van der Waals surface area contributed by atoms with Crippen LogP contribution in [-0.2, 0) is 9.53 Å². The van der Waals surface area contributed by atoms with E-state index in [0.717, 1.165) is 13.1 Å². The molecule has 0 rings (SSSR count). The maximum absolute atomic E-state index is 12.0. The summed E-state index contributed by atoms with van der Waals surface area (Å²) in [5.74, 6) is 0.163. The molecule has 18 heavy (non-hydrogen) atoms. The molecule has 1 amide bonds. The Bertz CT molecular complexity index is 218. The third kappa shape index (κ3) is 6.93. The van der Waals surface area contributed by atoms with Crippen molar-refractivity contribution in [3.8, 4) is 0 Å². The Balaban J connectivity index is 4.14. The molecular weight excluding hydrogens is 232 g/mol. The summed E-state index contributed by atoms with van der Waals surface area (Å²) in [5, 5.41) is 8.62. The summed E-state index contributed by atoms with van der Waals surface area (Å²) in [7, 11) is 0. The van der Waals surface area contributed by atoms with Gasteiger partial charge < -0.3 is 14.7 Å². The van der Waals surface area contributed by atoms with Crippen LogP contribution in [0.25, 0.3) is 0 Å². The number of carbonyl (C=O) groups is 1. The Morgan fingerprint density at radius 2 is 1.83 bits per heavy atom. The number of rotatable bonds is 10. The molecule has 0 aliphatic carbocycles.